The predicted octanol–water partition coefficient (Wildman–Crippen LogP) is 3.05. The van der Waals surface area contributed by atoms with Gasteiger partial charge in [0.05, 0.1) is 17.8 Å². The van der Waals surface area contributed by atoms with Crippen LogP contribution in [0.4, 0.5) is 5.13 Å². The summed E-state index contributed by atoms with van der Waals surface area (Å²) in [5.74, 6) is 0.0334. The zero-order valence-corrected chi connectivity index (χ0v) is 16.3. The zero-order chi connectivity index (χ0) is 18.8. The SMILES string of the molecule is CCc1sc(NC(=O)[C@H]2CNC[C@@H]2c2cnn(C)c2)nc1-c1ccccc1. The molecule has 2 aromatic heterocycles. The number of anilines is 1. The highest BCUT2D eigenvalue weighted by molar-refractivity contribution is 7.16. The molecule has 27 heavy (non-hydrogen) atoms. The molecule has 1 saturated heterocycles. The summed E-state index contributed by atoms with van der Waals surface area (Å²) < 4.78 is 1.78. The smallest absolute Gasteiger partial charge is 0.231 e. The van der Waals surface area contributed by atoms with Crippen LogP contribution in [0.1, 0.15) is 23.3 Å². The third kappa shape index (κ3) is 3.65. The molecule has 1 amide bonds. The fourth-order valence-electron chi connectivity index (χ4n) is 3.60. The lowest BCUT2D eigenvalue weighted by Crippen LogP contribution is -2.28. The molecule has 0 aliphatic carbocycles. The maximum Gasteiger partial charge on any atom is 0.231 e. The van der Waals surface area contributed by atoms with Gasteiger partial charge < -0.3 is 10.6 Å². The monoisotopic (exact) mass is 381 g/mol. The molecular formula is C20H23N5OS. The minimum absolute atomic E-state index is 0.0184. The van der Waals surface area contributed by atoms with Gasteiger partial charge in [-0.05, 0) is 12.0 Å². The van der Waals surface area contributed by atoms with Gasteiger partial charge in [0.1, 0.15) is 0 Å². The number of amides is 1. The molecule has 0 saturated carbocycles. The summed E-state index contributed by atoms with van der Waals surface area (Å²) in [5, 5.41) is 11.3. The van der Waals surface area contributed by atoms with Gasteiger partial charge in [-0.3, -0.25) is 9.48 Å². The van der Waals surface area contributed by atoms with Crippen molar-refractivity contribution in [1.29, 1.82) is 0 Å². The van der Waals surface area contributed by atoms with E-state index in [1.807, 2.05) is 37.6 Å². The number of rotatable bonds is 5. The first-order valence-electron chi connectivity index (χ1n) is 9.21. The number of nitrogens with one attached hydrogen (secondary N) is 2. The van der Waals surface area contributed by atoms with Crippen LogP contribution < -0.4 is 10.6 Å². The number of benzene rings is 1. The molecule has 1 aliphatic rings. The van der Waals surface area contributed by atoms with Crippen LogP contribution >= 0.6 is 11.3 Å². The van der Waals surface area contributed by atoms with E-state index >= 15 is 0 Å². The molecule has 7 heteroatoms. The van der Waals surface area contributed by atoms with Crippen LogP contribution in [0.15, 0.2) is 42.7 Å². The molecule has 6 nitrogen and oxygen atoms in total. The summed E-state index contributed by atoms with van der Waals surface area (Å²) >= 11 is 1.56. The topological polar surface area (TPSA) is 71.8 Å². The first-order chi connectivity index (χ1) is 13.2. The molecule has 1 aliphatic heterocycles. The van der Waals surface area contributed by atoms with Gasteiger partial charge in [0, 0.05) is 42.7 Å². The molecule has 1 fully saturated rings. The highest BCUT2D eigenvalue weighted by Gasteiger charge is 2.35. The lowest BCUT2D eigenvalue weighted by molar-refractivity contribution is -0.119. The van der Waals surface area contributed by atoms with Crippen molar-refractivity contribution in [2.45, 2.75) is 19.3 Å². The van der Waals surface area contributed by atoms with Gasteiger partial charge in [-0.15, -0.1) is 11.3 Å². The van der Waals surface area contributed by atoms with E-state index in [0.29, 0.717) is 11.7 Å². The molecule has 3 aromatic rings. The van der Waals surface area contributed by atoms with Crippen LogP contribution in [-0.4, -0.2) is 33.8 Å². The second-order valence-corrected chi connectivity index (χ2v) is 7.90. The first kappa shape index (κ1) is 17.9. The van der Waals surface area contributed by atoms with Gasteiger partial charge in [0.2, 0.25) is 5.91 Å². The zero-order valence-electron chi connectivity index (χ0n) is 15.5. The molecule has 1 aromatic carbocycles. The van der Waals surface area contributed by atoms with Gasteiger partial charge in [-0.1, -0.05) is 37.3 Å². The van der Waals surface area contributed by atoms with E-state index < -0.39 is 0 Å². The molecule has 0 bridgehead atoms. The van der Waals surface area contributed by atoms with Crippen LogP contribution in [-0.2, 0) is 18.3 Å². The maximum atomic E-state index is 12.9. The van der Waals surface area contributed by atoms with Gasteiger partial charge in [-0.25, -0.2) is 4.98 Å². The van der Waals surface area contributed by atoms with Gasteiger partial charge >= 0.3 is 0 Å². The number of carbonyl (C=O) groups excluding carboxylic acids is 1. The Kier molecular flexibility index (Phi) is 5.05. The van der Waals surface area contributed by atoms with Gasteiger partial charge in [-0.2, -0.15) is 5.10 Å². The molecule has 2 atom stereocenters. The second-order valence-electron chi connectivity index (χ2n) is 6.82. The number of thiazole rings is 1. The van der Waals surface area contributed by atoms with Crippen LogP contribution in [0.25, 0.3) is 11.3 Å². The van der Waals surface area contributed by atoms with Gasteiger partial charge in [0.15, 0.2) is 5.13 Å². The Morgan fingerprint density at radius 3 is 2.85 bits per heavy atom. The second kappa shape index (κ2) is 7.62. The van der Waals surface area contributed by atoms with E-state index in [-0.39, 0.29) is 17.7 Å². The Morgan fingerprint density at radius 1 is 1.33 bits per heavy atom. The van der Waals surface area contributed by atoms with E-state index in [9.17, 15) is 4.79 Å². The Bertz CT molecular complexity index is 933. The Hall–Kier alpha value is -2.51. The van der Waals surface area contributed by atoms with Crippen molar-refractivity contribution in [3.05, 3.63) is 53.2 Å². The lowest BCUT2D eigenvalue weighted by atomic mass is 9.90. The molecule has 0 unspecified atom stereocenters. The van der Waals surface area contributed by atoms with Crippen LogP contribution in [0.2, 0.25) is 0 Å². The predicted molar refractivity (Wildman–Crippen MR) is 108 cm³/mol. The molecule has 0 radical (unpaired) electrons. The normalized spacial score (nSPS) is 19.3. The van der Waals surface area contributed by atoms with E-state index in [1.165, 1.54) is 4.88 Å². The quantitative estimate of drug-likeness (QED) is 0.713. The summed E-state index contributed by atoms with van der Waals surface area (Å²) in [5.41, 5.74) is 3.15. The van der Waals surface area contributed by atoms with Crippen molar-refractivity contribution in [3.63, 3.8) is 0 Å². The largest absolute Gasteiger partial charge is 0.315 e. The maximum absolute atomic E-state index is 12.9. The van der Waals surface area contributed by atoms with Crippen molar-refractivity contribution in [2.24, 2.45) is 13.0 Å². The van der Waals surface area contributed by atoms with Crippen molar-refractivity contribution in [2.75, 3.05) is 18.4 Å². The number of carbonyl (C=O) groups is 1. The Labute approximate surface area is 162 Å². The van der Waals surface area contributed by atoms with E-state index in [0.717, 1.165) is 29.8 Å². The fourth-order valence-corrected chi connectivity index (χ4v) is 4.53. The third-order valence-electron chi connectivity index (χ3n) is 5.00. The van der Waals surface area contributed by atoms with Crippen molar-refractivity contribution >= 4 is 22.4 Å². The van der Waals surface area contributed by atoms with E-state index in [2.05, 4.69) is 34.8 Å². The standard InChI is InChI=1S/C20H23N5OS/c1-3-17-18(13-7-5-4-6-8-13)23-20(27-17)24-19(26)16-11-21-10-15(16)14-9-22-25(2)12-14/h4-9,12,15-16,21H,3,10-11H2,1-2H3,(H,23,24,26)/t15-,16+/m1/s1. The van der Waals surface area contributed by atoms with Gasteiger partial charge in [0.25, 0.3) is 0 Å². The molecule has 0 spiro atoms. The van der Waals surface area contributed by atoms with Crippen molar-refractivity contribution in [1.82, 2.24) is 20.1 Å². The highest BCUT2D eigenvalue weighted by Crippen LogP contribution is 2.33. The number of aryl methyl sites for hydroxylation is 2. The fraction of sp³-hybridized carbons (Fsp3) is 0.350. The number of hydrogen-bond donors (Lipinski definition) is 2. The Morgan fingerprint density at radius 2 is 2.15 bits per heavy atom. The third-order valence-corrected chi connectivity index (χ3v) is 6.11. The molecule has 140 valence electrons. The minimum Gasteiger partial charge on any atom is -0.315 e. The first-order valence-corrected chi connectivity index (χ1v) is 10.0. The van der Waals surface area contributed by atoms with Crippen LogP contribution in [0.5, 0.6) is 0 Å². The summed E-state index contributed by atoms with van der Waals surface area (Å²) in [4.78, 5) is 18.8. The number of aromatic nitrogens is 3. The molecular weight excluding hydrogens is 358 g/mol. The highest BCUT2D eigenvalue weighted by atomic mass is 32.1. The lowest BCUT2D eigenvalue weighted by Gasteiger charge is -2.15. The molecule has 3 heterocycles. The minimum atomic E-state index is -0.122. The Balaban J connectivity index is 1.53. The average molecular weight is 382 g/mol. The summed E-state index contributed by atoms with van der Waals surface area (Å²) in [7, 11) is 1.90. The van der Waals surface area contributed by atoms with Crippen molar-refractivity contribution < 1.29 is 4.79 Å². The van der Waals surface area contributed by atoms with Crippen molar-refractivity contribution in [3.8, 4) is 11.3 Å². The summed E-state index contributed by atoms with van der Waals surface area (Å²) in [6, 6.07) is 10.1. The summed E-state index contributed by atoms with van der Waals surface area (Å²) in [6.45, 7) is 3.57. The van der Waals surface area contributed by atoms with E-state index in [4.69, 9.17) is 4.98 Å². The molecule has 2 N–H and O–H groups in total. The number of hydrogen-bond acceptors (Lipinski definition) is 5. The number of nitrogens with zero attached hydrogens (tertiary/aromatic N) is 3. The molecule has 4 rings (SSSR count). The average Bonchev–Trinajstić information content (AvgIpc) is 3.41. The summed E-state index contributed by atoms with van der Waals surface area (Å²) in [6.07, 6.45) is 4.73. The van der Waals surface area contributed by atoms with E-state index in [1.54, 1.807) is 16.0 Å². The van der Waals surface area contributed by atoms with Crippen LogP contribution in [0, 0.1) is 5.92 Å². The van der Waals surface area contributed by atoms with Crippen LogP contribution in [0.3, 0.4) is 0 Å².